The zero-order valence-electron chi connectivity index (χ0n) is 8.42. The first-order chi connectivity index (χ1) is 7.61. The first-order valence-electron chi connectivity index (χ1n) is 4.64. The molecule has 2 N–H and O–H groups in total. The van der Waals surface area contributed by atoms with Crippen LogP contribution in [-0.2, 0) is 4.79 Å². The predicted octanol–water partition coefficient (Wildman–Crippen LogP) is 1.02. The quantitative estimate of drug-likeness (QED) is 0.701. The summed E-state index contributed by atoms with van der Waals surface area (Å²) >= 11 is 0. The number of carboxylic acid groups (broad SMARTS) is 2. The molecule has 0 bridgehead atoms. The number of carboxylic acids is 2. The Labute approximate surface area is 91.5 Å². The average molecular weight is 225 g/mol. The van der Waals surface area contributed by atoms with Gasteiger partial charge in [0.15, 0.2) is 11.4 Å². The summed E-state index contributed by atoms with van der Waals surface area (Å²) in [5, 5.41) is 17.2. The molecule has 6 heteroatoms. The van der Waals surface area contributed by atoms with Crippen LogP contribution in [0.1, 0.15) is 23.3 Å². The molecule has 0 fully saturated rings. The van der Waals surface area contributed by atoms with Gasteiger partial charge in [0.1, 0.15) is 0 Å². The van der Waals surface area contributed by atoms with Crippen LogP contribution in [0.15, 0.2) is 18.3 Å². The molecule has 6 nitrogen and oxygen atoms in total. The maximum absolute atomic E-state index is 10.7. The second-order valence-electron chi connectivity index (χ2n) is 3.00. The molecule has 1 heterocycles. The molecular formula is C10H11NO5. The van der Waals surface area contributed by atoms with Crippen LogP contribution in [0.25, 0.3) is 0 Å². The van der Waals surface area contributed by atoms with Gasteiger partial charge < -0.3 is 14.9 Å². The Morgan fingerprint density at radius 3 is 2.75 bits per heavy atom. The van der Waals surface area contributed by atoms with E-state index in [1.54, 1.807) is 6.07 Å². The second kappa shape index (κ2) is 5.69. The highest BCUT2D eigenvalue weighted by molar-refractivity contribution is 5.88. The molecule has 0 atom stereocenters. The van der Waals surface area contributed by atoms with Crippen LogP contribution in [0.2, 0.25) is 0 Å². The summed E-state index contributed by atoms with van der Waals surface area (Å²) in [6.45, 7) is 0.151. The van der Waals surface area contributed by atoms with E-state index in [0.29, 0.717) is 6.42 Å². The monoisotopic (exact) mass is 225 g/mol. The number of ether oxygens (including phenoxy) is 1. The maximum Gasteiger partial charge on any atom is 0.358 e. The van der Waals surface area contributed by atoms with Crippen molar-refractivity contribution in [2.75, 3.05) is 6.61 Å². The topological polar surface area (TPSA) is 96.7 Å². The third-order valence-corrected chi connectivity index (χ3v) is 1.77. The lowest BCUT2D eigenvalue weighted by atomic mass is 10.3. The average Bonchev–Trinajstić information content (AvgIpc) is 2.24. The van der Waals surface area contributed by atoms with Crippen LogP contribution in [0, 0.1) is 0 Å². The van der Waals surface area contributed by atoms with Gasteiger partial charge in [0.05, 0.1) is 6.61 Å². The van der Waals surface area contributed by atoms with Crippen LogP contribution in [0.4, 0.5) is 0 Å². The van der Waals surface area contributed by atoms with Gasteiger partial charge in [0.25, 0.3) is 0 Å². The number of rotatable bonds is 6. The number of carbonyl (C=O) groups is 2. The molecule has 16 heavy (non-hydrogen) atoms. The summed E-state index contributed by atoms with van der Waals surface area (Å²) in [7, 11) is 0. The summed E-state index contributed by atoms with van der Waals surface area (Å²) < 4.78 is 5.14. The third kappa shape index (κ3) is 3.56. The van der Waals surface area contributed by atoms with Crippen LogP contribution in [0.5, 0.6) is 5.75 Å². The molecule has 0 aliphatic heterocycles. The van der Waals surface area contributed by atoms with Crippen molar-refractivity contribution in [3.05, 3.63) is 24.0 Å². The largest absolute Gasteiger partial charge is 0.491 e. The minimum absolute atomic E-state index is 0.0112. The zero-order chi connectivity index (χ0) is 12.0. The summed E-state index contributed by atoms with van der Waals surface area (Å²) in [6.07, 6.45) is 1.67. The lowest BCUT2D eigenvalue weighted by Crippen LogP contribution is -2.07. The van der Waals surface area contributed by atoms with E-state index in [4.69, 9.17) is 14.9 Å². The number of hydrogen-bond donors (Lipinski definition) is 2. The Balaban J connectivity index is 2.53. The standard InChI is InChI=1S/C10H11NO5/c12-8(13)4-2-6-16-7-3-1-5-11-9(7)10(14)15/h1,3,5H,2,4,6H2,(H,12,13)(H,14,15). The highest BCUT2D eigenvalue weighted by atomic mass is 16.5. The van der Waals surface area contributed by atoms with Crippen LogP contribution in [0.3, 0.4) is 0 Å². The molecule has 0 aliphatic carbocycles. The van der Waals surface area contributed by atoms with E-state index < -0.39 is 11.9 Å². The van der Waals surface area contributed by atoms with Gasteiger partial charge in [0.2, 0.25) is 0 Å². The van der Waals surface area contributed by atoms with Crippen LogP contribution < -0.4 is 4.74 Å². The summed E-state index contributed by atoms with van der Waals surface area (Å²) in [6, 6.07) is 3.04. The van der Waals surface area contributed by atoms with Gasteiger partial charge in [0, 0.05) is 12.6 Å². The van der Waals surface area contributed by atoms with Gasteiger partial charge >= 0.3 is 11.9 Å². The molecule has 0 aliphatic rings. The normalized spacial score (nSPS) is 9.75. The molecular weight excluding hydrogens is 214 g/mol. The smallest absolute Gasteiger partial charge is 0.358 e. The van der Waals surface area contributed by atoms with E-state index in [0.717, 1.165) is 0 Å². The summed E-state index contributed by atoms with van der Waals surface area (Å²) in [5.74, 6) is -1.93. The number of nitrogens with zero attached hydrogens (tertiary/aromatic N) is 1. The fraction of sp³-hybridized carbons (Fsp3) is 0.300. The second-order valence-corrected chi connectivity index (χ2v) is 3.00. The summed E-state index contributed by atoms with van der Waals surface area (Å²) in [5.41, 5.74) is -0.169. The van der Waals surface area contributed by atoms with Crippen LogP contribution >= 0.6 is 0 Å². The molecule has 0 saturated heterocycles. The molecule has 0 aromatic carbocycles. The molecule has 1 rings (SSSR count). The SMILES string of the molecule is O=C(O)CCCOc1cccnc1C(=O)O. The number of aromatic carboxylic acids is 1. The first kappa shape index (κ1) is 12.0. The van der Waals surface area contributed by atoms with E-state index in [2.05, 4.69) is 4.98 Å². The van der Waals surface area contributed by atoms with Crippen molar-refractivity contribution in [3.63, 3.8) is 0 Å². The van der Waals surface area contributed by atoms with Crippen LogP contribution in [-0.4, -0.2) is 33.7 Å². The molecule has 0 amide bonds. The van der Waals surface area contributed by atoms with Crippen molar-refractivity contribution in [1.82, 2.24) is 4.98 Å². The van der Waals surface area contributed by atoms with Crippen molar-refractivity contribution < 1.29 is 24.5 Å². The fourth-order valence-corrected chi connectivity index (χ4v) is 1.07. The zero-order valence-corrected chi connectivity index (χ0v) is 8.42. The molecule has 0 unspecified atom stereocenters. The number of pyridine rings is 1. The molecule has 0 spiro atoms. The van der Waals surface area contributed by atoms with Crippen molar-refractivity contribution in [2.24, 2.45) is 0 Å². The molecule has 0 saturated carbocycles. The van der Waals surface area contributed by atoms with Gasteiger partial charge in [-0.25, -0.2) is 9.78 Å². The van der Waals surface area contributed by atoms with E-state index in [-0.39, 0.29) is 24.5 Å². The van der Waals surface area contributed by atoms with Gasteiger partial charge in [-0.2, -0.15) is 0 Å². The van der Waals surface area contributed by atoms with Crippen molar-refractivity contribution in [1.29, 1.82) is 0 Å². The Morgan fingerprint density at radius 1 is 1.38 bits per heavy atom. The molecule has 0 radical (unpaired) electrons. The first-order valence-corrected chi connectivity index (χ1v) is 4.64. The molecule has 1 aromatic rings. The van der Waals surface area contributed by atoms with Gasteiger partial charge in [-0.05, 0) is 18.6 Å². The molecule has 86 valence electrons. The fourth-order valence-electron chi connectivity index (χ4n) is 1.07. The van der Waals surface area contributed by atoms with Gasteiger partial charge in [-0.1, -0.05) is 0 Å². The predicted molar refractivity (Wildman–Crippen MR) is 53.6 cm³/mol. The Morgan fingerprint density at radius 2 is 2.12 bits per heavy atom. The minimum atomic E-state index is -1.17. The number of hydrogen-bond acceptors (Lipinski definition) is 4. The van der Waals surface area contributed by atoms with Crippen molar-refractivity contribution in [3.8, 4) is 5.75 Å². The van der Waals surface area contributed by atoms with Gasteiger partial charge in [-0.3, -0.25) is 4.79 Å². The Kier molecular flexibility index (Phi) is 4.26. The number of aromatic nitrogens is 1. The van der Waals surface area contributed by atoms with E-state index in [1.807, 2.05) is 0 Å². The lowest BCUT2D eigenvalue weighted by molar-refractivity contribution is -0.137. The minimum Gasteiger partial charge on any atom is -0.491 e. The lowest BCUT2D eigenvalue weighted by Gasteiger charge is -2.06. The third-order valence-electron chi connectivity index (χ3n) is 1.77. The van der Waals surface area contributed by atoms with Gasteiger partial charge in [-0.15, -0.1) is 0 Å². The highest BCUT2D eigenvalue weighted by Gasteiger charge is 2.11. The molecule has 1 aromatic heterocycles. The number of aliphatic carboxylic acids is 1. The van der Waals surface area contributed by atoms with Crippen molar-refractivity contribution in [2.45, 2.75) is 12.8 Å². The summed E-state index contributed by atoms with van der Waals surface area (Å²) in [4.78, 5) is 24.6. The highest BCUT2D eigenvalue weighted by Crippen LogP contribution is 2.15. The Hall–Kier alpha value is -2.11. The van der Waals surface area contributed by atoms with E-state index in [1.165, 1.54) is 12.3 Å². The maximum atomic E-state index is 10.7. The Bertz CT molecular complexity index is 391. The van der Waals surface area contributed by atoms with Crippen molar-refractivity contribution >= 4 is 11.9 Å². The van der Waals surface area contributed by atoms with E-state index in [9.17, 15) is 9.59 Å². The van der Waals surface area contributed by atoms with E-state index >= 15 is 0 Å².